The van der Waals surface area contributed by atoms with Crippen molar-refractivity contribution in [3.05, 3.63) is 0 Å². The molecule has 0 radical (unpaired) electrons. The Morgan fingerprint density at radius 2 is 1.74 bits per heavy atom. The molecular weight excluding hydrogens is 246 g/mol. The van der Waals surface area contributed by atoms with Crippen LogP contribution in [0, 0.1) is 0 Å². The zero-order valence-corrected chi connectivity index (χ0v) is 13.1. The molecule has 2 unspecified atom stereocenters. The van der Waals surface area contributed by atoms with Gasteiger partial charge in [0.2, 0.25) is 0 Å². The van der Waals surface area contributed by atoms with Crippen molar-refractivity contribution in [3.63, 3.8) is 0 Å². The maximum Gasteiger partial charge on any atom is 0.0704 e. The number of aliphatic hydroxyl groups is 1. The summed E-state index contributed by atoms with van der Waals surface area (Å²) in [6.45, 7) is 10.6. The summed E-state index contributed by atoms with van der Waals surface area (Å²) in [6, 6.07) is 0.335. The van der Waals surface area contributed by atoms with Crippen molar-refractivity contribution in [1.29, 1.82) is 0 Å². The van der Waals surface area contributed by atoms with Crippen molar-refractivity contribution in [2.75, 3.05) is 40.1 Å². The summed E-state index contributed by atoms with van der Waals surface area (Å²) in [5.41, 5.74) is -0.301. The Hall–Kier alpha value is -0.200. The average molecular weight is 277 g/mol. The highest BCUT2D eigenvalue weighted by Crippen LogP contribution is 2.15. The third kappa shape index (κ3) is 10.3. The maximum absolute atomic E-state index is 9.50. The van der Waals surface area contributed by atoms with Crippen LogP contribution in [-0.2, 0) is 14.2 Å². The number of nitrogens with one attached hydrogen (secondary N) is 1. The van der Waals surface area contributed by atoms with Gasteiger partial charge in [0.05, 0.1) is 39.1 Å². The normalized spacial score (nSPS) is 16.6. The Morgan fingerprint density at radius 1 is 1.11 bits per heavy atom. The number of hydrogen-bond donors (Lipinski definition) is 2. The van der Waals surface area contributed by atoms with Crippen LogP contribution in [0.3, 0.4) is 0 Å². The van der Waals surface area contributed by atoms with E-state index in [2.05, 4.69) is 19.2 Å². The molecule has 0 aromatic carbocycles. The van der Waals surface area contributed by atoms with Crippen molar-refractivity contribution >= 4 is 0 Å². The van der Waals surface area contributed by atoms with Gasteiger partial charge in [-0.1, -0.05) is 13.8 Å². The maximum atomic E-state index is 9.50. The van der Waals surface area contributed by atoms with Gasteiger partial charge in [-0.2, -0.15) is 0 Å². The van der Waals surface area contributed by atoms with E-state index < -0.39 is 0 Å². The minimum atomic E-state index is -0.301. The van der Waals surface area contributed by atoms with Crippen molar-refractivity contribution in [3.8, 4) is 0 Å². The lowest BCUT2D eigenvalue weighted by Gasteiger charge is -2.33. The Kier molecular flexibility index (Phi) is 10.5. The fraction of sp³-hybridized carbons (Fsp3) is 1.00. The first-order valence-electron chi connectivity index (χ1n) is 7.00. The van der Waals surface area contributed by atoms with Gasteiger partial charge in [-0.25, -0.2) is 0 Å². The minimum absolute atomic E-state index is 0.0782. The lowest BCUT2D eigenvalue weighted by Crippen LogP contribution is -2.51. The Morgan fingerprint density at radius 3 is 2.26 bits per heavy atom. The van der Waals surface area contributed by atoms with Gasteiger partial charge in [-0.3, -0.25) is 0 Å². The standard InChI is InChI=1S/C14H31NO4/c1-12(2)15-14(4,11-16)10-13(3)19-9-8-18-7-6-17-5/h12-13,15-16H,6-11H2,1-5H3. The quantitative estimate of drug-likeness (QED) is 0.525. The van der Waals surface area contributed by atoms with Crippen molar-refractivity contribution in [1.82, 2.24) is 5.32 Å². The molecule has 0 aliphatic carbocycles. The highest BCUT2D eigenvalue weighted by molar-refractivity contribution is 4.85. The minimum Gasteiger partial charge on any atom is -0.394 e. The highest BCUT2D eigenvalue weighted by Gasteiger charge is 2.26. The fourth-order valence-electron chi connectivity index (χ4n) is 2.11. The van der Waals surface area contributed by atoms with Crippen LogP contribution in [0.15, 0.2) is 0 Å². The van der Waals surface area contributed by atoms with Crippen LogP contribution >= 0.6 is 0 Å². The molecule has 0 bridgehead atoms. The zero-order chi connectivity index (χ0) is 14.7. The Bertz CT molecular complexity index is 214. The molecule has 0 aliphatic rings. The van der Waals surface area contributed by atoms with Crippen molar-refractivity contribution in [2.24, 2.45) is 0 Å². The monoisotopic (exact) mass is 277 g/mol. The molecule has 0 aliphatic heterocycles. The second kappa shape index (κ2) is 10.6. The smallest absolute Gasteiger partial charge is 0.0704 e. The predicted octanol–water partition coefficient (Wildman–Crippen LogP) is 1.19. The van der Waals surface area contributed by atoms with Crippen LogP contribution in [0.25, 0.3) is 0 Å². The molecule has 0 aromatic heterocycles. The van der Waals surface area contributed by atoms with E-state index in [9.17, 15) is 5.11 Å². The summed E-state index contributed by atoms with van der Waals surface area (Å²) >= 11 is 0. The van der Waals surface area contributed by atoms with Gasteiger partial charge in [0.25, 0.3) is 0 Å². The second-order valence-electron chi connectivity index (χ2n) is 5.51. The van der Waals surface area contributed by atoms with Crippen molar-refractivity contribution < 1.29 is 19.3 Å². The SMILES string of the molecule is COCCOCCOC(C)CC(C)(CO)NC(C)C. The van der Waals surface area contributed by atoms with E-state index in [-0.39, 0.29) is 18.2 Å². The number of aliphatic hydroxyl groups excluding tert-OH is 1. The summed E-state index contributed by atoms with van der Waals surface area (Å²) in [5.74, 6) is 0. The van der Waals surface area contributed by atoms with Crippen LogP contribution < -0.4 is 5.32 Å². The van der Waals surface area contributed by atoms with E-state index in [4.69, 9.17) is 14.2 Å². The molecule has 0 saturated carbocycles. The first-order chi connectivity index (χ1) is 8.93. The van der Waals surface area contributed by atoms with E-state index in [1.54, 1.807) is 7.11 Å². The molecule has 19 heavy (non-hydrogen) atoms. The third-order valence-electron chi connectivity index (χ3n) is 2.79. The Balaban J connectivity index is 3.78. The molecule has 0 spiro atoms. The van der Waals surface area contributed by atoms with E-state index in [1.807, 2.05) is 13.8 Å². The van der Waals surface area contributed by atoms with Crippen LogP contribution in [-0.4, -0.2) is 62.9 Å². The van der Waals surface area contributed by atoms with E-state index in [1.165, 1.54) is 0 Å². The van der Waals surface area contributed by atoms with E-state index in [0.29, 0.717) is 32.5 Å². The molecular formula is C14H31NO4. The number of hydrogen-bond acceptors (Lipinski definition) is 5. The molecule has 2 N–H and O–H groups in total. The van der Waals surface area contributed by atoms with Gasteiger partial charge in [-0.15, -0.1) is 0 Å². The number of methoxy groups -OCH3 is 1. The Labute approximate surface area is 117 Å². The predicted molar refractivity (Wildman–Crippen MR) is 76.5 cm³/mol. The van der Waals surface area contributed by atoms with Crippen LogP contribution in [0.5, 0.6) is 0 Å². The third-order valence-corrected chi connectivity index (χ3v) is 2.79. The molecule has 5 nitrogen and oxygen atoms in total. The first kappa shape index (κ1) is 18.8. The first-order valence-corrected chi connectivity index (χ1v) is 7.00. The van der Waals surface area contributed by atoms with Gasteiger partial charge >= 0.3 is 0 Å². The summed E-state index contributed by atoms with van der Waals surface area (Å²) in [6.07, 6.45) is 0.842. The summed E-state index contributed by atoms with van der Waals surface area (Å²) in [5, 5.41) is 12.9. The fourth-order valence-corrected chi connectivity index (χ4v) is 2.11. The summed E-state index contributed by atoms with van der Waals surface area (Å²) in [7, 11) is 1.65. The lowest BCUT2D eigenvalue weighted by molar-refractivity contribution is -0.0159. The van der Waals surface area contributed by atoms with Crippen molar-refractivity contribution in [2.45, 2.75) is 51.8 Å². The molecule has 0 aromatic rings. The number of ether oxygens (including phenoxy) is 3. The second-order valence-corrected chi connectivity index (χ2v) is 5.51. The molecule has 0 fully saturated rings. The number of rotatable bonds is 12. The van der Waals surface area contributed by atoms with Crippen LogP contribution in [0.4, 0.5) is 0 Å². The van der Waals surface area contributed by atoms with E-state index in [0.717, 1.165) is 6.42 Å². The van der Waals surface area contributed by atoms with Gasteiger partial charge in [0.1, 0.15) is 0 Å². The molecule has 0 saturated heterocycles. The molecule has 0 amide bonds. The molecule has 0 heterocycles. The summed E-state index contributed by atoms with van der Waals surface area (Å²) in [4.78, 5) is 0. The molecule has 5 heteroatoms. The van der Waals surface area contributed by atoms with E-state index >= 15 is 0 Å². The van der Waals surface area contributed by atoms with Gasteiger partial charge in [0, 0.05) is 18.7 Å². The van der Waals surface area contributed by atoms with Crippen LogP contribution in [0.2, 0.25) is 0 Å². The molecule has 0 rings (SSSR count). The lowest BCUT2D eigenvalue weighted by atomic mass is 9.95. The largest absolute Gasteiger partial charge is 0.394 e. The van der Waals surface area contributed by atoms with Crippen LogP contribution in [0.1, 0.15) is 34.1 Å². The molecule has 2 atom stereocenters. The van der Waals surface area contributed by atoms with Gasteiger partial charge in [-0.05, 0) is 20.3 Å². The highest BCUT2D eigenvalue weighted by atomic mass is 16.5. The molecule has 116 valence electrons. The summed E-state index contributed by atoms with van der Waals surface area (Å²) < 4.78 is 15.9. The average Bonchev–Trinajstić information content (AvgIpc) is 2.32. The topological polar surface area (TPSA) is 60.0 Å². The zero-order valence-electron chi connectivity index (χ0n) is 13.1. The van der Waals surface area contributed by atoms with Gasteiger partial charge in [0.15, 0.2) is 0 Å². The van der Waals surface area contributed by atoms with Gasteiger partial charge < -0.3 is 24.6 Å².